The average Bonchev–Trinajstić information content (AvgIpc) is 3.34. The Morgan fingerprint density at radius 2 is 1.73 bits per heavy atom. The quantitative estimate of drug-likeness (QED) is 0.517. The van der Waals surface area contributed by atoms with Crippen LogP contribution in [-0.4, -0.2) is 64.3 Å². The molecule has 2 aromatic rings. The Morgan fingerprint density at radius 1 is 1.03 bits per heavy atom. The number of thiophene rings is 1. The van der Waals surface area contributed by atoms with Crippen LogP contribution in [0.15, 0.2) is 41.4 Å². The molecule has 1 aliphatic heterocycles. The van der Waals surface area contributed by atoms with Crippen LogP contribution in [0.1, 0.15) is 4.88 Å². The zero-order valence-corrected chi connectivity index (χ0v) is 18.6. The number of nitrogens with zero attached hydrogens (tertiary/aromatic N) is 2. The van der Waals surface area contributed by atoms with Crippen LogP contribution in [0.3, 0.4) is 0 Å². The molecule has 9 heteroatoms. The number of ether oxygens (including phenoxy) is 3. The molecule has 0 aliphatic carbocycles. The van der Waals surface area contributed by atoms with E-state index in [9.17, 15) is 9.59 Å². The van der Waals surface area contributed by atoms with Crippen molar-refractivity contribution in [1.82, 2.24) is 4.90 Å². The lowest BCUT2D eigenvalue weighted by Gasteiger charge is -2.25. The molecule has 2 heterocycles. The van der Waals surface area contributed by atoms with Crippen LogP contribution in [0.4, 0.5) is 5.69 Å². The van der Waals surface area contributed by atoms with Crippen LogP contribution in [0, 0.1) is 0 Å². The molecule has 1 aliphatic rings. The highest BCUT2D eigenvalue weighted by molar-refractivity contribution is 7.11. The lowest BCUT2D eigenvalue weighted by Crippen LogP contribution is -2.37. The van der Waals surface area contributed by atoms with E-state index in [0.29, 0.717) is 54.0 Å². The summed E-state index contributed by atoms with van der Waals surface area (Å²) < 4.78 is 15.6. The summed E-state index contributed by atoms with van der Waals surface area (Å²) in [6, 6.07) is 8.52. The van der Waals surface area contributed by atoms with Gasteiger partial charge in [0.1, 0.15) is 11.4 Å². The first kappa shape index (κ1) is 22.3. The van der Waals surface area contributed by atoms with Crippen molar-refractivity contribution in [1.29, 1.82) is 0 Å². The summed E-state index contributed by atoms with van der Waals surface area (Å²) in [5.41, 5.74) is 1.09. The molecule has 0 N–H and O–H groups in total. The molecule has 0 fully saturated rings. The molecule has 0 spiro atoms. The molecule has 0 bridgehead atoms. The third kappa shape index (κ3) is 4.37. The lowest BCUT2D eigenvalue weighted by atomic mass is 10.1. The standard InChI is InChI=1S/C21H23ClN2O5S/c1-27-10-8-23(9-11-28-2)19-18(17-5-4-12-30-17)20(25)24(21(19)26)14-6-7-16(29-3)15(22)13-14/h4-7,12-13H,8-11H2,1-3H3. The van der Waals surface area contributed by atoms with Crippen molar-refractivity contribution < 1.29 is 23.8 Å². The van der Waals surface area contributed by atoms with Crippen molar-refractivity contribution in [3.8, 4) is 5.75 Å². The van der Waals surface area contributed by atoms with Gasteiger partial charge in [-0.05, 0) is 29.6 Å². The van der Waals surface area contributed by atoms with E-state index in [4.69, 9.17) is 25.8 Å². The Balaban J connectivity index is 2.07. The third-order valence-corrected chi connectivity index (χ3v) is 5.85. The minimum Gasteiger partial charge on any atom is -0.495 e. The summed E-state index contributed by atoms with van der Waals surface area (Å²) in [7, 11) is 4.69. The zero-order valence-electron chi connectivity index (χ0n) is 17.0. The van der Waals surface area contributed by atoms with Crippen LogP contribution < -0.4 is 9.64 Å². The van der Waals surface area contributed by atoms with Crippen molar-refractivity contribution in [2.45, 2.75) is 0 Å². The lowest BCUT2D eigenvalue weighted by molar-refractivity contribution is -0.120. The number of benzene rings is 1. The molecule has 30 heavy (non-hydrogen) atoms. The second kappa shape index (κ2) is 10.1. The van der Waals surface area contributed by atoms with E-state index in [-0.39, 0.29) is 0 Å². The molecular formula is C21H23ClN2O5S. The van der Waals surface area contributed by atoms with Crippen molar-refractivity contribution in [2.75, 3.05) is 52.5 Å². The third-order valence-electron chi connectivity index (χ3n) is 4.67. The first-order valence-electron chi connectivity index (χ1n) is 9.26. The summed E-state index contributed by atoms with van der Waals surface area (Å²) in [6.45, 7) is 1.70. The number of carbonyl (C=O) groups is 2. The molecule has 160 valence electrons. The Kier molecular flexibility index (Phi) is 7.49. The molecule has 0 atom stereocenters. The first-order valence-corrected chi connectivity index (χ1v) is 10.5. The van der Waals surface area contributed by atoms with Crippen LogP contribution in [0.25, 0.3) is 5.57 Å². The van der Waals surface area contributed by atoms with Gasteiger partial charge in [0.05, 0.1) is 36.6 Å². The maximum absolute atomic E-state index is 13.5. The van der Waals surface area contributed by atoms with Crippen LogP contribution in [0.5, 0.6) is 5.75 Å². The fraction of sp³-hybridized carbons (Fsp3) is 0.333. The fourth-order valence-electron chi connectivity index (χ4n) is 3.22. The molecule has 1 aromatic heterocycles. The van der Waals surface area contributed by atoms with E-state index < -0.39 is 11.8 Å². The highest BCUT2D eigenvalue weighted by Crippen LogP contribution is 2.38. The van der Waals surface area contributed by atoms with Crippen molar-refractivity contribution >= 4 is 46.0 Å². The Bertz CT molecular complexity index is 937. The number of methoxy groups -OCH3 is 3. The number of amides is 2. The van der Waals surface area contributed by atoms with Crippen LogP contribution in [0.2, 0.25) is 5.02 Å². The predicted octanol–water partition coefficient (Wildman–Crippen LogP) is 3.29. The number of anilines is 1. The second-order valence-electron chi connectivity index (χ2n) is 6.44. The predicted molar refractivity (Wildman–Crippen MR) is 117 cm³/mol. The van der Waals surface area contributed by atoms with Gasteiger partial charge in [-0.2, -0.15) is 0 Å². The molecular weight excluding hydrogens is 428 g/mol. The smallest absolute Gasteiger partial charge is 0.282 e. The highest BCUT2D eigenvalue weighted by atomic mass is 35.5. The molecule has 0 saturated heterocycles. The van der Waals surface area contributed by atoms with Gasteiger partial charge in [0.2, 0.25) is 0 Å². The van der Waals surface area contributed by atoms with Crippen molar-refractivity contribution in [3.63, 3.8) is 0 Å². The number of imide groups is 1. The summed E-state index contributed by atoms with van der Waals surface area (Å²) in [5, 5.41) is 2.19. The largest absolute Gasteiger partial charge is 0.495 e. The minimum atomic E-state index is -0.406. The van der Waals surface area contributed by atoms with E-state index in [0.717, 1.165) is 9.78 Å². The maximum atomic E-state index is 13.5. The Morgan fingerprint density at radius 3 is 2.27 bits per heavy atom. The minimum absolute atomic E-state index is 0.317. The Hall–Kier alpha value is -2.39. The molecule has 1 aromatic carbocycles. The van der Waals surface area contributed by atoms with Crippen molar-refractivity contribution in [3.05, 3.63) is 51.3 Å². The van der Waals surface area contributed by atoms with Gasteiger partial charge in [0.15, 0.2) is 0 Å². The maximum Gasteiger partial charge on any atom is 0.282 e. The van der Waals surface area contributed by atoms with Crippen molar-refractivity contribution in [2.24, 2.45) is 0 Å². The van der Waals surface area contributed by atoms with E-state index in [1.807, 2.05) is 22.4 Å². The number of carbonyl (C=O) groups excluding carboxylic acids is 2. The topological polar surface area (TPSA) is 68.3 Å². The first-order chi connectivity index (χ1) is 14.5. The molecule has 3 rings (SSSR count). The Labute approximate surface area is 184 Å². The summed E-state index contributed by atoms with van der Waals surface area (Å²) in [5.74, 6) is -0.330. The normalized spacial score (nSPS) is 14.1. The van der Waals surface area contributed by atoms with Gasteiger partial charge < -0.3 is 19.1 Å². The van der Waals surface area contributed by atoms with Crippen LogP contribution in [-0.2, 0) is 19.1 Å². The molecule has 0 saturated carbocycles. The van der Waals surface area contributed by atoms with E-state index in [1.165, 1.54) is 18.4 Å². The molecule has 7 nitrogen and oxygen atoms in total. The molecule has 2 amide bonds. The number of hydrogen-bond acceptors (Lipinski definition) is 7. The fourth-order valence-corrected chi connectivity index (χ4v) is 4.24. The second-order valence-corrected chi connectivity index (χ2v) is 7.79. The highest BCUT2D eigenvalue weighted by Gasteiger charge is 2.43. The van der Waals surface area contributed by atoms with E-state index >= 15 is 0 Å². The molecule has 0 radical (unpaired) electrons. The zero-order chi connectivity index (χ0) is 21.7. The summed E-state index contributed by atoms with van der Waals surface area (Å²) >= 11 is 7.65. The summed E-state index contributed by atoms with van der Waals surface area (Å²) in [6.07, 6.45) is 0. The number of hydrogen-bond donors (Lipinski definition) is 0. The monoisotopic (exact) mass is 450 g/mol. The average molecular weight is 451 g/mol. The summed E-state index contributed by atoms with van der Waals surface area (Å²) in [4.78, 5) is 30.7. The number of rotatable bonds is 10. The van der Waals surface area contributed by atoms with Gasteiger partial charge in [-0.1, -0.05) is 17.7 Å². The van der Waals surface area contributed by atoms with Gasteiger partial charge in [-0.15, -0.1) is 11.3 Å². The van der Waals surface area contributed by atoms with Gasteiger partial charge in [0.25, 0.3) is 11.8 Å². The number of halogens is 1. The van der Waals surface area contributed by atoms with E-state index in [1.54, 1.807) is 32.4 Å². The van der Waals surface area contributed by atoms with Gasteiger partial charge >= 0.3 is 0 Å². The van der Waals surface area contributed by atoms with Gasteiger partial charge in [-0.25, -0.2) is 4.90 Å². The van der Waals surface area contributed by atoms with Crippen LogP contribution >= 0.6 is 22.9 Å². The van der Waals surface area contributed by atoms with E-state index in [2.05, 4.69) is 0 Å². The molecule has 0 unspecified atom stereocenters. The van der Waals surface area contributed by atoms with Gasteiger partial charge in [-0.3, -0.25) is 9.59 Å². The SMILES string of the molecule is COCCN(CCOC)C1=C(c2cccs2)C(=O)N(c2ccc(OC)c(Cl)c2)C1=O. The van der Waals surface area contributed by atoms with Gasteiger partial charge in [0, 0.05) is 32.2 Å².